The number of ether oxygens (including phenoxy) is 1. The molecule has 0 aliphatic rings. The van der Waals surface area contributed by atoms with Gasteiger partial charge in [0.15, 0.2) is 11.4 Å². The van der Waals surface area contributed by atoms with E-state index in [1.54, 1.807) is 24.4 Å². The number of carbonyl (C=O) groups excluding carboxylic acids is 2. The molecule has 0 bridgehead atoms. The second-order valence-electron chi connectivity index (χ2n) is 3.14. The summed E-state index contributed by atoms with van der Waals surface area (Å²) in [5.41, 5.74) is 0.481. The van der Waals surface area contributed by atoms with Crippen LogP contribution in [0.3, 0.4) is 0 Å². The molecule has 2 aromatic rings. The van der Waals surface area contributed by atoms with Crippen LogP contribution < -0.4 is 4.74 Å². The predicted octanol–water partition coefficient (Wildman–Crippen LogP) is 1.24. The van der Waals surface area contributed by atoms with E-state index in [0.29, 0.717) is 5.56 Å². The number of pyridine rings is 2. The van der Waals surface area contributed by atoms with Crippen LogP contribution in [0, 0.1) is 0 Å². The van der Waals surface area contributed by atoms with E-state index in [4.69, 9.17) is 4.74 Å². The lowest BCUT2D eigenvalue weighted by molar-refractivity contribution is -0.120. The van der Waals surface area contributed by atoms with Crippen LogP contribution in [0.5, 0.6) is 5.75 Å². The van der Waals surface area contributed by atoms with E-state index in [2.05, 4.69) is 9.97 Å². The van der Waals surface area contributed by atoms with Crippen molar-refractivity contribution in [1.82, 2.24) is 9.97 Å². The molecule has 5 heteroatoms. The van der Waals surface area contributed by atoms with E-state index in [9.17, 15) is 9.59 Å². The SMILES string of the molecule is O=COc1cccnc1C(=O)c1cccnc1. The van der Waals surface area contributed by atoms with Crippen molar-refractivity contribution in [1.29, 1.82) is 0 Å². The summed E-state index contributed by atoms with van der Waals surface area (Å²) in [6, 6.07) is 6.36. The molecule has 0 aromatic carbocycles. The van der Waals surface area contributed by atoms with E-state index in [1.807, 2.05) is 0 Å². The van der Waals surface area contributed by atoms with Gasteiger partial charge in [-0.15, -0.1) is 0 Å². The van der Waals surface area contributed by atoms with Crippen molar-refractivity contribution in [3.63, 3.8) is 0 Å². The molecular formula is C12H8N2O3. The summed E-state index contributed by atoms with van der Waals surface area (Å²) in [5, 5.41) is 0. The number of nitrogens with zero attached hydrogens (tertiary/aromatic N) is 2. The summed E-state index contributed by atoms with van der Waals surface area (Å²) in [4.78, 5) is 30.1. The van der Waals surface area contributed by atoms with Gasteiger partial charge in [-0.3, -0.25) is 14.6 Å². The standard InChI is InChI=1S/C12H8N2O3/c15-8-17-10-4-2-6-14-11(10)12(16)9-3-1-5-13-7-9/h1-8H. The summed E-state index contributed by atoms with van der Waals surface area (Å²) in [5.74, 6) is -0.202. The highest BCUT2D eigenvalue weighted by atomic mass is 16.5. The number of aromatic nitrogens is 2. The van der Waals surface area contributed by atoms with Crippen molar-refractivity contribution in [2.24, 2.45) is 0 Å². The minimum absolute atomic E-state index is 0.0904. The molecule has 0 saturated carbocycles. The highest BCUT2D eigenvalue weighted by Crippen LogP contribution is 2.18. The Morgan fingerprint density at radius 1 is 1.24 bits per heavy atom. The first-order valence-corrected chi connectivity index (χ1v) is 4.83. The molecular weight excluding hydrogens is 220 g/mol. The van der Waals surface area contributed by atoms with Gasteiger partial charge in [0.2, 0.25) is 5.78 Å². The van der Waals surface area contributed by atoms with E-state index >= 15 is 0 Å². The van der Waals surface area contributed by atoms with Gasteiger partial charge in [0.05, 0.1) is 0 Å². The zero-order valence-corrected chi connectivity index (χ0v) is 8.74. The fraction of sp³-hybridized carbons (Fsp3) is 0. The van der Waals surface area contributed by atoms with E-state index in [-0.39, 0.29) is 23.7 Å². The van der Waals surface area contributed by atoms with Gasteiger partial charge in [0, 0.05) is 24.2 Å². The second kappa shape index (κ2) is 4.98. The maximum absolute atomic E-state index is 12.0. The van der Waals surface area contributed by atoms with Crippen molar-refractivity contribution < 1.29 is 14.3 Å². The maximum Gasteiger partial charge on any atom is 0.298 e. The minimum atomic E-state index is -0.337. The molecule has 0 unspecified atom stereocenters. The fourth-order valence-corrected chi connectivity index (χ4v) is 1.34. The Kier molecular flexibility index (Phi) is 3.20. The number of hydrogen-bond acceptors (Lipinski definition) is 5. The number of ketones is 1. The highest BCUT2D eigenvalue weighted by molar-refractivity contribution is 6.09. The zero-order valence-electron chi connectivity index (χ0n) is 8.74. The van der Waals surface area contributed by atoms with E-state index in [1.165, 1.54) is 18.5 Å². The van der Waals surface area contributed by atoms with Crippen LogP contribution in [-0.4, -0.2) is 22.2 Å². The molecule has 5 nitrogen and oxygen atoms in total. The average Bonchev–Trinajstić information content (AvgIpc) is 2.40. The van der Waals surface area contributed by atoms with Crippen LogP contribution in [0.2, 0.25) is 0 Å². The van der Waals surface area contributed by atoms with Crippen LogP contribution in [-0.2, 0) is 4.79 Å². The van der Waals surface area contributed by atoms with Gasteiger partial charge in [0.1, 0.15) is 0 Å². The van der Waals surface area contributed by atoms with Gasteiger partial charge >= 0.3 is 0 Å². The van der Waals surface area contributed by atoms with Crippen LogP contribution in [0.25, 0.3) is 0 Å². The quantitative estimate of drug-likeness (QED) is 0.581. The molecule has 2 aromatic heterocycles. The fourth-order valence-electron chi connectivity index (χ4n) is 1.34. The van der Waals surface area contributed by atoms with Crippen molar-refractivity contribution in [3.8, 4) is 5.75 Å². The van der Waals surface area contributed by atoms with Crippen LogP contribution >= 0.6 is 0 Å². The molecule has 0 saturated heterocycles. The van der Waals surface area contributed by atoms with Gasteiger partial charge in [-0.05, 0) is 24.3 Å². The Hall–Kier alpha value is -2.56. The van der Waals surface area contributed by atoms with Gasteiger partial charge in [-0.2, -0.15) is 0 Å². The van der Waals surface area contributed by atoms with E-state index < -0.39 is 0 Å². The molecule has 2 rings (SSSR count). The summed E-state index contributed by atoms with van der Waals surface area (Å²) in [6.07, 6.45) is 4.46. The molecule has 84 valence electrons. The molecule has 0 atom stereocenters. The van der Waals surface area contributed by atoms with Crippen molar-refractivity contribution >= 4 is 12.3 Å². The number of hydrogen-bond donors (Lipinski definition) is 0. The zero-order chi connectivity index (χ0) is 12.1. The van der Waals surface area contributed by atoms with Crippen LogP contribution in [0.1, 0.15) is 16.1 Å². The third-order valence-electron chi connectivity index (χ3n) is 2.08. The molecule has 0 fully saturated rings. The normalized spacial score (nSPS) is 9.65. The second-order valence-corrected chi connectivity index (χ2v) is 3.14. The first-order valence-electron chi connectivity index (χ1n) is 4.83. The summed E-state index contributed by atoms with van der Waals surface area (Å²) in [6.45, 7) is 0.261. The lowest BCUT2D eigenvalue weighted by Crippen LogP contribution is -2.07. The van der Waals surface area contributed by atoms with Gasteiger partial charge in [-0.1, -0.05) is 0 Å². The van der Waals surface area contributed by atoms with Crippen molar-refractivity contribution in [3.05, 3.63) is 54.1 Å². The molecule has 0 aliphatic carbocycles. The highest BCUT2D eigenvalue weighted by Gasteiger charge is 2.15. The molecule has 17 heavy (non-hydrogen) atoms. The molecule has 0 N–H and O–H groups in total. The lowest BCUT2D eigenvalue weighted by Gasteiger charge is -2.04. The number of rotatable bonds is 4. The topological polar surface area (TPSA) is 69.2 Å². The molecule has 0 amide bonds. The predicted molar refractivity (Wildman–Crippen MR) is 58.6 cm³/mol. The summed E-state index contributed by atoms with van der Waals surface area (Å²) in [7, 11) is 0. The van der Waals surface area contributed by atoms with Gasteiger partial charge < -0.3 is 4.74 Å². The molecule has 0 spiro atoms. The third-order valence-corrected chi connectivity index (χ3v) is 2.08. The third kappa shape index (κ3) is 2.34. The van der Waals surface area contributed by atoms with E-state index in [0.717, 1.165) is 0 Å². The van der Waals surface area contributed by atoms with Gasteiger partial charge in [-0.25, -0.2) is 4.98 Å². The summed E-state index contributed by atoms with van der Waals surface area (Å²) < 4.78 is 4.70. The van der Waals surface area contributed by atoms with Crippen molar-refractivity contribution in [2.75, 3.05) is 0 Å². The Morgan fingerprint density at radius 2 is 2.06 bits per heavy atom. The Morgan fingerprint density at radius 3 is 2.76 bits per heavy atom. The Balaban J connectivity index is 2.40. The number of carbonyl (C=O) groups is 2. The molecule has 2 heterocycles. The molecule has 0 radical (unpaired) electrons. The largest absolute Gasteiger partial charge is 0.426 e. The Bertz CT molecular complexity index is 540. The van der Waals surface area contributed by atoms with Crippen LogP contribution in [0.15, 0.2) is 42.9 Å². The van der Waals surface area contributed by atoms with Crippen LogP contribution in [0.4, 0.5) is 0 Å². The maximum atomic E-state index is 12.0. The first kappa shape index (κ1) is 10.9. The molecule has 0 aliphatic heterocycles. The van der Waals surface area contributed by atoms with Gasteiger partial charge in [0.25, 0.3) is 6.47 Å². The minimum Gasteiger partial charge on any atom is -0.426 e. The first-order chi connectivity index (χ1) is 8.33. The summed E-state index contributed by atoms with van der Waals surface area (Å²) >= 11 is 0. The smallest absolute Gasteiger partial charge is 0.298 e. The monoisotopic (exact) mass is 228 g/mol. The lowest BCUT2D eigenvalue weighted by atomic mass is 10.1. The van der Waals surface area contributed by atoms with Crippen molar-refractivity contribution in [2.45, 2.75) is 0 Å². The Labute approximate surface area is 97.1 Å². The average molecular weight is 228 g/mol.